The molecule has 1 amide bonds. The van der Waals surface area contributed by atoms with Crippen LogP contribution in [0.4, 0.5) is 0 Å². The second-order valence-electron chi connectivity index (χ2n) is 6.79. The fourth-order valence-electron chi connectivity index (χ4n) is 3.32. The number of benzene rings is 1. The summed E-state index contributed by atoms with van der Waals surface area (Å²) >= 11 is 0. The van der Waals surface area contributed by atoms with Crippen molar-refractivity contribution in [3.8, 4) is 0 Å². The Bertz CT molecular complexity index is 466. The molecule has 2 N–H and O–H groups in total. The van der Waals surface area contributed by atoms with Crippen LogP contribution in [-0.4, -0.2) is 18.0 Å². The van der Waals surface area contributed by atoms with Crippen LogP contribution in [0.2, 0.25) is 0 Å². The predicted molar refractivity (Wildman–Crippen MR) is 91.7 cm³/mol. The lowest BCUT2D eigenvalue weighted by Crippen LogP contribution is -2.53. The molecule has 0 heterocycles. The molecule has 0 aromatic heterocycles. The first-order chi connectivity index (χ1) is 10.6. The molecule has 1 aromatic carbocycles. The average molecular weight is 302 g/mol. The number of carbonyl (C=O) groups is 1. The van der Waals surface area contributed by atoms with Gasteiger partial charge in [-0.25, -0.2) is 0 Å². The first-order valence-electron chi connectivity index (χ1n) is 8.67. The van der Waals surface area contributed by atoms with E-state index in [2.05, 4.69) is 48.7 Å². The Balaban J connectivity index is 1.98. The number of hydrogen-bond donors (Lipinski definition) is 2. The van der Waals surface area contributed by atoms with Crippen molar-refractivity contribution in [2.75, 3.05) is 6.54 Å². The molecule has 0 saturated heterocycles. The van der Waals surface area contributed by atoms with Crippen LogP contribution in [0.5, 0.6) is 0 Å². The van der Waals surface area contributed by atoms with Gasteiger partial charge < -0.3 is 10.6 Å². The maximum Gasteiger partial charge on any atom is 0.222 e. The monoisotopic (exact) mass is 302 g/mol. The SMILES string of the molecule is CCC(C)C(=O)NCC1(NC(C)c2ccccc2)CCCC1. The highest BCUT2D eigenvalue weighted by Gasteiger charge is 2.35. The highest BCUT2D eigenvalue weighted by molar-refractivity contribution is 5.78. The normalized spacial score (nSPS) is 19.6. The molecule has 0 radical (unpaired) electrons. The van der Waals surface area contributed by atoms with Gasteiger partial charge in [0.1, 0.15) is 0 Å². The Morgan fingerprint density at radius 2 is 1.82 bits per heavy atom. The van der Waals surface area contributed by atoms with Crippen LogP contribution in [0, 0.1) is 5.92 Å². The fourth-order valence-corrected chi connectivity index (χ4v) is 3.32. The van der Waals surface area contributed by atoms with Crippen molar-refractivity contribution in [1.29, 1.82) is 0 Å². The Labute approximate surface area is 134 Å². The van der Waals surface area contributed by atoms with Crippen molar-refractivity contribution in [3.63, 3.8) is 0 Å². The standard InChI is InChI=1S/C19H30N2O/c1-4-15(2)18(22)20-14-19(12-8-9-13-19)21-16(3)17-10-6-5-7-11-17/h5-7,10-11,15-16,21H,4,8-9,12-14H2,1-3H3,(H,20,22). The molecular weight excluding hydrogens is 272 g/mol. The van der Waals surface area contributed by atoms with Crippen LogP contribution in [0.1, 0.15) is 64.5 Å². The zero-order valence-corrected chi connectivity index (χ0v) is 14.2. The van der Waals surface area contributed by atoms with Gasteiger partial charge in [0, 0.05) is 24.0 Å². The molecular formula is C19H30N2O. The molecule has 0 bridgehead atoms. The van der Waals surface area contributed by atoms with Crippen molar-refractivity contribution in [2.45, 2.75) is 64.5 Å². The Hall–Kier alpha value is -1.35. The summed E-state index contributed by atoms with van der Waals surface area (Å²) in [7, 11) is 0. The maximum absolute atomic E-state index is 12.1. The van der Waals surface area contributed by atoms with E-state index >= 15 is 0 Å². The molecule has 122 valence electrons. The molecule has 3 heteroatoms. The van der Waals surface area contributed by atoms with Crippen molar-refractivity contribution < 1.29 is 4.79 Å². The van der Waals surface area contributed by atoms with Gasteiger partial charge in [0.15, 0.2) is 0 Å². The van der Waals surface area contributed by atoms with Crippen LogP contribution >= 0.6 is 0 Å². The van der Waals surface area contributed by atoms with Crippen molar-refractivity contribution in [2.24, 2.45) is 5.92 Å². The van der Waals surface area contributed by atoms with Gasteiger partial charge in [-0.2, -0.15) is 0 Å². The first kappa shape index (κ1) is 17.0. The molecule has 1 aliphatic carbocycles. The van der Waals surface area contributed by atoms with Crippen LogP contribution in [0.15, 0.2) is 30.3 Å². The van der Waals surface area contributed by atoms with Gasteiger partial charge in [-0.05, 0) is 31.7 Å². The minimum absolute atomic E-state index is 0.0539. The first-order valence-corrected chi connectivity index (χ1v) is 8.67. The number of amides is 1. The van der Waals surface area contributed by atoms with Crippen molar-refractivity contribution in [1.82, 2.24) is 10.6 Å². The number of rotatable bonds is 7. The van der Waals surface area contributed by atoms with Crippen molar-refractivity contribution >= 4 is 5.91 Å². The zero-order valence-electron chi connectivity index (χ0n) is 14.2. The molecule has 1 fully saturated rings. The third-order valence-corrected chi connectivity index (χ3v) is 5.04. The summed E-state index contributed by atoms with van der Waals surface area (Å²) in [4.78, 5) is 12.1. The van der Waals surface area contributed by atoms with Crippen LogP contribution in [0.3, 0.4) is 0 Å². The summed E-state index contributed by atoms with van der Waals surface area (Å²) < 4.78 is 0. The largest absolute Gasteiger partial charge is 0.354 e. The fraction of sp³-hybridized carbons (Fsp3) is 0.632. The summed E-state index contributed by atoms with van der Waals surface area (Å²) in [5, 5.41) is 6.98. The summed E-state index contributed by atoms with van der Waals surface area (Å²) in [6.07, 6.45) is 5.67. The Kier molecular flexibility index (Phi) is 6.01. The lowest BCUT2D eigenvalue weighted by atomic mass is 9.94. The molecule has 0 aliphatic heterocycles. The van der Waals surface area contributed by atoms with Crippen molar-refractivity contribution in [3.05, 3.63) is 35.9 Å². The number of carbonyl (C=O) groups excluding carboxylic acids is 1. The third-order valence-electron chi connectivity index (χ3n) is 5.04. The molecule has 1 aliphatic rings. The topological polar surface area (TPSA) is 41.1 Å². The van der Waals surface area contributed by atoms with Gasteiger partial charge in [-0.3, -0.25) is 4.79 Å². The molecule has 1 aromatic rings. The van der Waals surface area contributed by atoms with E-state index < -0.39 is 0 Å². The molecule has 2 unspecified atom stereocenters. The van der Waals surface area contributed by atoms with E-state index in [0.717, 1.165) is 25.8 Å². The average Bonchev–Trinajstić information content (AvgIpc) is 3.01. The molecule has 1 saturated carbocycles. The van der Waals surface area contributed by atoms with E-state index in [1.54, 1.807) is 0 Å². The van der Waals surface area contributed by atoms with Crippen LogP contribution < -0.4 is 10.6 Å². The van der Waals surface area contributed by atoms with E-state index in [-0.39, 0.29) is 17.4 Å². The maximum atomic E-state index is 12.1. The Morgan fingerprint density at radius 1 is 1.18 bits per heavy atom. The van der Waals surface area contributed by atoms with Crippen LogP contribution in [0.25, 0.3) is 0 Å². The van der Waals surface area contributed by atoms with Gasteiger partial charge in [0.2, 0.25) is 5.91 Å². The highest BCUT2D eigenvalue weighted by Crippen LogP contribution is 2.32. The lowest BCUT2D eigenvalue weighted by molar-refractivity contribution is -0.124. The molecule has 3 nitrogen and oxygen atoms in total. The van der Waals surface area contributed by atoms with Gasteiger partial charge in [0.25, 0.3) is 0 Å². The molecule has 2 atom stereocenters. The van der Waals surface area contributed by atoms with Gasteiger partial charge >= 0.3 is 0 Å². The lowest BCUT2D eigenvalue weighted by Gasteiger charge is -2.34. The van der Waals surface area contributed by atoms with E-state index in [1.807, 2.05) is 13.0 Å². The number of hydrogen-bond acceptors (Lipinski definition) is 2. The minimum atomic E-state index is 0.0539. The quantitative estimate of drug-likeness (QED) is 0.804. The van der Waals surface area contributed by atoms with Gasteiger partial charge in [-0.1, -0.05) is 57.0 Å². The van der Waals surface area contributed by atoms with Crippen LogP contribution in [-0.2, 0) is 4.79 Å². The third kappa shape index (κ3) is 4.33. The highest BCUT2D eigenvalue weighted by atomic mass is 16.1. The predicted octanol–water partition coefficient (Wildman–Crippen LogP) is 3.81. The van der Waals surface area contributed by atoms with E-state index in [4.69, 9.17) is 0 Å². The summed E-state index contributed by atoms with van der Waals surface area (Å²) in [6, 6.07) is 10.9. The van der Waals surface area contributed by atoms with Gasteiger partial charge in [-0.15, -0.1) is 0 Å². The molecule has 2 rings (SSSR count). The van der Waals surface area contributed by atoms with Gasteiger partial charge in [0.05, 0.1) is 0 Å². The smallest absolute Gasteiger partial charge is 0.222 e. The second-order valence-corrected chi connectivity index (χ2v) is 6.79. The van der Waals surface area contributed by atoms with E-state index in [9.17, 15) is 4.79 Å². The van der Waals surface area contributed by atoms with E-state index in [1.165, 1.54) is 18.4 Å². The zero-order chi connectivity index (χ0) is 16.0. The second kappa shape index (κ2) is 7.77. The van der Waals surface area contributed by atoms with E-state index in [0.29, 0.717) is 6.04 Å². The minimum Gasteiger partial charge on any atom is -0.354 e. The summed E-state index contributed by atoms with van der Waals surface area (Å²) in [5.41, 5.74) is 1.36. The summed E-state index contributed by atoms with van der Waals surface area (Å²) in [6.45, 7) is 7.02. The molecule has 22 heavy (non-hydrogen) atoms. The Morgan fingerprint density at radius 3 is 2.41 bits per heavy atom. The number of nitrogens with one attached hydrogen (secondary N) is 2. The summed E-state index contributed by atoms with van der Waals surface area (Å²) in [5.74, 6) is 0.285. The molecule has 0 spiro atoms.